The molecule has 2 nitrogen and oxygen atoms in total. The lowest BCUT2D eigenvalue weighted by Gasteiger charge is -2.36. The van der Waals surface area contributed by atoms with Crippen LogP contribution < -0.4 is 5.32 Å². The van der Waals surface area contributed by atoms with E-state index in [0.29, 0.717) is 12.1 Å². The molecule has 0 radical (unpaired) electrons. The number of benzene rings is 1. The second kappa shape index (κ2) is 5.81. The number of likely N-dealkylation sites (tertiary alicyclic amines) is 1. The minimum Gasteiger partial charge on any atom is -0.307 e. The topological polar surface area (TPSA) is 15.3 Å². The summed E-state index contributed by atoms with van der Waals surface area (Å²) in [5.41, 5.74) is 1.16. The molecule has 1 aliphatic heterocycles. The Kier molecular flexibility index (Phi) is 4.36. The van der Waals surface area contributed by atoms with Gasteiger partial charge in [0.2, 0.25) is 0 Å². The summed E-state index contributed by atoms with van der Waals surface area (Å²) in [6.45, 7) is 5.57. The highest BCUT2D eigenvalue weighted by molar-refractivity contribution is 5.19. The minimum atomic E-state index is -0.168. The van der Waals surface area contributed by atoms with E-state index in [2.05, 4.69) is 31.1 Å². The van der Waals surface area contributed by atoms with Crippen LogP contribution in [0.5, 0.6) is 0 Å². The van der Waals surface area contributed by atoms with Crippen molar-refractivity contribution < 1.29 is 4.39 Å². The van der Waals surface area contributed by atoms with Crippen molar-refractivity contribution in [1.82, 2.24) is 10.2 Å². The van der Waals surface area contributed by atoms with Crippen LogP contribution in [-0.2, 0) is 0 Å². The molecule has 1 aliphatic rings. The van der Waals surface area contributed by atoms with Crippen LogP contribution in [0.15, 0.2) is 24.3 Å². The normalized spacial score (nSPS) is 27.1. The molecule has 1 aromatic carbocycles. The van der Waals surface area contributed by atoms with Gasteiger partial charge in [0.15, 0.2) is 0 Å². The van der Waals surface area contributed by atoms with E-state index in [1.807, 2.05) is 12.1 Å². The van der Waals surface area contributed by atoms with Crippen molar-refractivity contribution in [3.63, 3.8) is 0 Å². The van der Waals surface area contributed by atoms with Gasteiger partial charge in [0, 0.05) is 18.1 Å². The van der Waals surface area contributed by atoms with Crippen molar-refractivity contribution >= 4 is 0 Å². The van der Waals surface area contributed by atoms with Crippen molar-refractivity contribution in [1.29, 1.82) is 0 Å². The highest BCUT2D eigenvalue weighted by Crippen LogP contribution is 2.20. The SMILES string of the molecule is CC1CC(N[C@@H](C)c2ccc(F)cc2)CCN1C. The number of nitrogens with zero attached hydrogens (tertiary/aromatic N) is 1. The molecule has 3 heteroatoms. The summed E-state index contributed by atoms with van der Waals surface area (Å²) >= 11 is 0. The van der Waals surface area contributed by atoms with Crippen molar-refractivity contribution in [3.05, 3.63) is 35.6 Å². The molecule has 2 unspecified atom stereocenters. The van der Waals surface area contributed by atoms with Crippen LogP contribution in [0.2, 0.25) is 0 Å². The monoisotopic (exact) mass is 250 g/mol. The summed E-state index contributed by atoms with van der Waals surface area (Å²) in [6, 6.07) is 8.28. The second-order valence-corrected chi connectivity index (χ2v) is 5.49. The molecule has 1 heterocycles. The molecule has 0 spiro atoms. The number of hydrogen-bond donors (Lipinski definition) is 1. The van der Waals surface area contributed by atoms with Gasteiger partial charge < -0.3 is 10.2 Å². The Bertz CT molecular complexity index is 377. The van der Waals surface area contributed by atoms with E-state index >= 15 is 0 Å². The molecule has 1 fully saturated rings. The van der Waals surface area contributed by atoms with Crippen LogP contribution in [0.3, 0.4) is 0 Å². The van der Waals surface area contributed by atoms with Gasteiger partial charge in [-0.3, -0.25) is 0 Å². The van der Waals surface area contributed by atoms with E-state index in [9.17, 15) is 4.39 Å². The van der Waals surface area contributed by atoms with Crippen LogP contribution in [0.1, 0.15) is 38.3 Å². The molecule has 2 rings (SSSR count). The first-order valence-corrected chi connectivity index (χ1v) is 6.78. The van der Waals surface area contributed by atoms with Gasteiger partial charge in [-0.25, -0.2) is 4.39 Å². The summed E-state index contributed by atoms with van der Waals surface area (Å²) < 4.78 is 12.9. The fourth-order valence-electron chi connectivity index (χ4n) is 2.64. The first kappa shape index (κ1) is 13.5. The van der Waals surface area contributed by atoms with Gasteiger partial charge in [-0.2, -0.15) is 0 Å². The van der Waals surface area contributed by atoms with Gasteiger partial charge in [-0.1, -0.05) is 12.1 Å². The van der Waals surface area contributed by atoms with Crippen molar-refractivity contribution in [3.8, 4) is 0 Å². The summed E-state index contributed by atoms with van der Waals surface area (Å²) in [4.78, 5) is 2.40. The molecular formula is C15H23FN2. The molecule has 1 saturated heterocycles. The molecular weight excluding hydrogens is 227 g/mol. The zero-order chi connectivity index (χ0) is 13.1. The third kappa shape index (κ3) is 3.30. The Morgan fingerprint density at radius 3 is 2.61 bits per heavy atom. The Morgan fingerprint density at radius 2 is 2.00 bits per heavy atom. The summed E-state index contributed by atoms with van der Waals surface area (Å²) in [5, 5.41) is 3.66. The van der Waals surface area contributed by atoms with Crippen LogP contribution in [0.25, 0.3) is 0 Å². The highest BCUT2D eigenvalue weighted by atomic mass is 19.1. The average molecular weight is 250 g/mol. The number of halogens is 1. The maximum absolute atomic E-state index is 12.9. The third-order valence-corrected chi connectivity index (χ3v) is 4.06. The van der Waals surface area contributed by atoms with Crippen LogP contribution >= 0.6 is 0 Å². The highest BCUT2D eigenvalue weighted by Gasteiger charge is 2.23. The zero-order valence-corrected chi connectivity index (χ0v) is 11.5. The molecule has 0 aromatic heterocycles. The molecule has 3 atom stereocenters. The summed E-state index contributed by atoms with van der Waals surface area (Å²) in [7, 11) is 2.18. The lowest BCUT2D eigenvalue weighted by molar-refractivity contribution is 0.163. The van der Waals surface area contributed by atoms with Gasteiger partial charge in [0.05, 0.1) is 0 Å². The van der Waals surface area contributed by atoms with Gasteiger partial charge in [-0.15, -0.1) is 0 Å². The number of hydrogen-bond acceptors (Lipinski definition) is 2. The van der Waals surface area contributed by atoms with Crippen LogP contribution in [-0.4, -0.2) is 30.6 Å². The first-order valence-electron chi connectivity index (χ1n) is 6.78. The van der Waals surface area contributed by atoms with Crippen molar-refractivity contribution in [2.45, 2.75) is 44.8 Å². The molecule has 100 valence electrons. The largest absolute Gasteiger partial charge is 0.307 e. The van der Waals surface area contributed by atoms with Crippen LogP contribution in [0, 0.1) is 5.82 Å². The Labute approximate surface area is 109 Å². The molecule has 0 aliphatic carbocycles. The standard InChI is InChI=1S/C15H23FN2/c1-11-10-15(8-9-18(11)3)17-12(2)13-4-6-14(16)7-5-13/h4-7,11-12,15,17H,8-10H2,1-3H3/t11?,12-,15?/m0/s1. The smallest absolute Gasteiger partial charge is 0.123 e. The lowest BCUT2D eigenvalue weighted by atomic mass is 9.97. The Balaban J connectivity index is 1.91. The van der Waals surface area contributed by atoms with Crippen molar-refractivity contribution in [2.75, 3.05) is 13.6 Å². The average Bonchev–Trinajstić information content (AvgIpc) is 2.34. The van der Waals surface area contributed by atoms with Gasteiger partial charge in [0.25, 0.3) is 0 Å². The number of piperidine rings is 1. The van der Waals surface area contributed by atoms with E-state index < -0.39 is 0 Å². The molecule has 0 amide bonds. The summed E-state index contributed by atoms with van der Waals surface area (Å²) in [6.07, 6.45) is 2.37. The maximum Gasteiger partial charge on any atom is 0.123 e. The van der Waals surface area contributed by atoms with Crippen LogP contribution in [0.4, 0.5) is 4.39 Å². The first-order chi connectivity index (χ1) is 8.56. The number of rotatable bonds is 3. The van der Waals surface area contributed by atoms with E-state index in [1.54, 1.807) is 0 Å². The maximum atomic E-state index is 12.9. The minimum absolute atomic E-state index is 0.168. The quantitative estimate of drug-likeness (QED) is 0.887. The van der Waals surface area contributed by atoms with E-state index in [1.165, 1.54) is 25.0 Å². The Hall–Kier alpha value is -0.930. The van der Waals surface area contributed by atoms with Gasteiger partial charge in [-0.05, 0) is 58.0 Å². The third-order valence-electron chi connectivity index (χ3n) is 4.06. The molecule has 18 heavy (non-hydrogen) atoms. The van der Waals surface area contributed by atoms with E-state index in [0.717, 1.165) is 12.1 Å². The second-order valence-electron chi connectivity index (χ2n) is 5.49. The predicted octanol–water partition coefficient (Wildman–Crippen LogP) is 2.96. The fourth-order valence-corrected chi connectivity index (χ4v) is 2.64. The Morgan fingerprint density at radius 1 is 1.33 bits per heavy atom. The molecule has 0 bridgehead atoms. The lowest BCUT2D eigenvalue weighted by Crippen LogP contribution is -2.46. The fraction of sp³-hybridized carbons (Fsp3) is 0.600. The van der Waals surface area contributed by atoms with E-state index in [-0.39, 0.29) is 11.9 Å². The predicted molar refractivity (Wildman–Crippen MR) is 73.1 cm³/mol. The summed E-state index contributed by atoms with van der Waals surface area (Å²) in [5.74, 6) is -0.168. The molecule has 0 saturated carbocycles. The van der Waals surface area contributed by atoms with Gasteiger partial charge in [0.1, 0.15) is 5.82 Å². The number of nitrogens with one attached hydrogen (secondary N) is 1. The molecule has 1 N–H and O–H groups in total. The van der Waals surface area contributed by atoms with E-state index in [4.69, 9.17) is 0 Å². The zero-order valence-electron chi connectivity index (χ0n) is 11.5. The molecule has 1 aromatic rings. The van der Waals surface area contributed by atoms with Crippen molar-refractivity contribution in [2.24, 2.45) is 0 Å². The van der Waals surface area contributed by atoms with Gasteiger partial charge >= 0.3 is 0 Å².